The van der Waals surface area contributed by atoms with Gasteiger partial charge in [-0.3, -0.25) is 10.1 Å². The van der Waals surface area contributed by atoms with Crippen LogP contribution in [0, 0.1) is 10.1 Å². The lowest BCUT2D eigenvalue weighted by atomic mass is 10.1. The van der Waals surface area contributed by atoms with Crippen LogP contribution in [0.15, 0.2) is 12.3 Å². The van der Waals surface area contributed by atoms with Crippen molar-refractivity contribution in [2.24, 2.45) is 0 Å². The van der Waals surface area contributed by atoms with Crippen molar-refractivity contribution in [2.45, 2.75) is 32.1 Å². The summed E-state index contributed by atoms with van der Waals surface area (Å²) in [4.78, 5) is 28.3. The van der Waals surface area contributed by atoms with Gasteiger partial charge in [-0.1, -0.05) is 19.3 Å². The van der Waals surface area contributed by atoms with E-state index in [0.717, 1.165) is 38.8 Å². The molecule has 7 heteroatoms. The molecule has 2 rings (SSSR count). The highest BCUT2D eigenvalue weighted by Crippen LogP contribution is 2.28. The molecule has 0 aliphatic carbocycles. The first-order valence-electron chi connectivity index (χ1n) is 7.11. The third-order valence-corrected chi connectivity index (χ3v) is 3.62. The number of hydrogen-bond acceptors (Lipinski definition) is 6. The highest BCUT2D eigenvalue weighted by Gasteiger charge is 2.24. The molecular formula is C14H19N3O4. The van der Waals surface area contributed by atoms with Crippen LogP contribution < -0.4 is 4.90 Å². The number of aromatic nitrogens is 1. The minimum Gasteiger partial charge on any atom is -0.465 e. The second-order valence-corrected chi connectivity index (χ2v) is 5.07. The van der Waals surface area contributed by atoms with Gasteiger partial charge in [0.2, 0.25) is 5.82 Å². The van der Waals surface area contributed by atoms with Crippen LogP contribution in [-0.4, -0.2) is 36.1 Å². The molecule has 1 aliphatic rings. The highest BCUT2D eigenvalue weighted by molar-refractivity contribution is 5.90. The molecule has 0 unspecified atom stereocenters. The molecule has 0 amide bonds. The lowest BCUT2D eigenvalue weighted by molar-refractivity contribution is -0.384. The molecule has 0 atom stereocenters. The average molecular weight is 293 g/mol. The van der Waals surface area contributed by atoms with Gasteiger partial charge < -0.3 is 9.64 Å². The molecule has 114 valence electrons. The van der Waals surface area contributed by atoms with Crippen molar-refractivity contribution in [1.82, 2.24) is 4.98 Å². The molecule has 1 fully saturated rings. The number of anilines is 1. The number of rotatable bonds is 3. The summed E-state index contributed by atoms with van der Waals surface area (Å²) in [7, 11) is 1.24. The second-order valence-electron chi connectivity index (χ2n) is 5.07. The first-order chi connectivity index (χ1) is 10.1. The van der Waals surface area contributed by atoms with E-state index in [1.165, 1.54) is 25.8 Å². The van der Waals surface area contributed by atoms with E-state index in [-0.39, 0.29) is 11.3 Å². The van der Waals surface area contributed by atoms with Crippen LogP contribution in [0.25, 0.3) is 0 Å². The van der Waals surface area contributed by atoms with Gasteiger partial charge in [0, 0.05) is 25.4 Å². The van der Waals surface area contributed by atoms with E-state index in [2.05, 4.69) is 9.72 Å². The van der Waals surface area contributed by atoms with Crippen molar-refractivity contribution in [1.29, 1.82) is 0 Å². The number of methoxy groups -OCH3 is 1. The smallest absolute Gasteiger partial charge is 0.339 e. The Morgan fingerprint density at radius 2 is 1.90 bits per heavy atom. The summed E-state index contributed by atoms with van der Waals surface area (Å²) in [6, 6.07) is 1.24. The summed E-state index contributed by atoms with van der Waals surface area (Å²) in [5.74, 6) is -0.278. The molecule has 0 saturated carbocycles. The molecule has 2 heterocycles. The lowest BCUT2D eigenvalue weighted by Crippen LogP contribution is -2.28. The fourth-order valence-corrected chi connectivity index (χ4v) is 2.51. The van der Waals surface area contributed by atoms with Crippen molar-refractivity contribution in [2.75, 3.05) is 25.1 Å². The Hall–Kier alpha value is -2.18. The number of carbonyl (C=O) groups excluding carboxylic acids is 1. The molecule has 0 aromatic carbocycles. The number of ether oxygens (including phenoxy) is 1. The molecule has 1 saturated heterocycles. The van der Waals surface area contributed by atoms with Crippen LogP contribution in [0.1, 0.15) is 42.5 Å². The Morgan fingerprint density at radius 3 is 2.48 bits per heavy atom. The Bertz CT molecular complexity index is 525. The Morgan fingerprint density at radius 1 is 1.29 bits per heavy atom. The summed E-state index contributed by atoms with van der Waals surface area (Å²) in [5, 5.41) is 11.3. The van der Waals surface area contributed by atoms with Crippen LogP contribution in [0.2, 0.25) is 0 Å². The van der Waals surface area contributed by atoms with Crippen molar-refractivity contribution in [3.8, 4) is 0 Å². The third kappa shape index (κ3) is 3.68. The number of pyridine rings is 1. The summed E-state index contributed by atoms with van der Waals surface area (Å²) >= 11 is 0. The molecule has 7 nitrogen and oxygen atoms in total. The molecule has 0 bridgehead atoms. The third-order valence-electron chi connectivity index (χ3n) is 3.62. The van der Waals surface area contributed by atoms with Crippen molar-refractivity contribution >= 4 is 17.5 Å². The SMILES string of the molecule is COC(=O)c1cnc(N2CCCCCCC2)c([N+](=O)[O-])c1. The lowest BCUT2D eigenvalue weighted by Gasteiger charge is -2.25. The van der Waals surface area contributed by atoms with Crippen LogP contribution in [0.3, 0.4) is 0 Å². The van der Waals surface area contributed by atoms with Gasteiger partial charge in [-0.2, -0.15) is 0 Å². The Labute approximate surface area is 123 Å². The minimum atomic E-state index is -0.621. The number of hydrogen-bond donors (Lipinski definition) is 0. The fourth-order valence-electron chi connectivity index (χ4n) is 2.51. The van der Waals surface area contributed by atoms with E-state index in [0.29, 0.717) is 5.82 Å². The van der Waals surface area contributed by atoms with Crippen molar-refractivity contribution in [3.05, 3.63) is 27.9 Å². The minimum absolute atomic E-state index is 0.0972. The van der Waals surface area contributed by atoms with E-state index in [1.54, 1.807) is 0 Å². The van der Waals surface area contributed by atoms with Gasteiger partial charge >= 0.3 is 11.7 Å². The molecule has 1 aromatic rings. The maximum absolute atomic E-state index is 11.5. The van der Waals surface area contributed by atoms with E-state index in [1.807, 2.05) is 4.90 Å². The first kappa shape index (κ1) is 15.2. The van der Waals surface area contributed by atoms with E-state index < -0.39 is 10.9 Å². The van der Waals surface area contributed by atoms with Gasteiger partial charge in [0.15, 0.2) is 0 Å². The first-order valence-corrected chi connectivity index (χ1v) is 7.11. The molecule has 0 radical (unpaired) electrons. The van der Waals surface area contributed by atoms with Gasteiger partial charge in [0.05, 0.1) is 17.6 Å². The topological polar surface area (TPSA) is 85.6 Å². The van der Waals surface area contributed by atoms with Gasteiger partial charge in [-0.15, -0.1) is 0 Å². The van der Waals surface area contributed by atoms with E-state index >= 15 is 0 Å². The maximum Gasteiger partial charge on any atom is 0.339 e. The monoisotopic (exact) mass is 293 g/mol. The number of nitrogens with zero attached hydrogens (tertiary/aromatic N) is 3. The van der Waals surface area contributed by atoms with E-state index in [4.69, 9.17) is 0 Å². The second kappa shape index (κ2) is 7.01. The van der Waals surface area contributed by atoms with Crippen LogP contribution in [0.4, 0.5) is 11.5 Å². The molecule has 21 heavy (non-hydrogen) atoms. The van der Waals surface area contributed by atoms with Gasteiger partial charge in [0.1, 0.15) is 0 Å². The highest BCUT2D eigenvalue weighted by atomic mass is 16.6. The zero-order valence-corrected chi connectivity index (χ0v) is 12.1. The number of nitro groups is 1. The quantitative estimate of drug-likeness (QED) is 0.483. The van der Waals surface area contributed by atoms with E-state index in [9.17, 15) is 14.9 Å². The molecular weight excluding hydrogens is 274 g/mol. The van der Waals surface area contributed by atoms with Gasteiger partial charge in [0.25, 0.3) is 0 Å². The molecule has 0 spiro atoms. The van der Waals surface area contributed by atoms with Crippen LogP contribution in [-0.2, 0) is 4.74 Å². The predicted molar refractivity (Wildman–Crippen MR) is 77.5 cm³/mol. The predicted octanol–water partition coefficient (Wildman–Crippen LogP) is 2.55. The largest absolute Gasteiger partial charge is 0.465 e. The molecule has 1 aromatic heterocycles. The zero-order chi connectivity index (χ0) is 15.2. The van der Waals surface area contributed by atoms with Crippen molar-refractivity contribution < 1.29 is 14.5 Å². The van der Waals surface area contributed by atoms with Crippen LogP contribution in [0.5, 0.6) is 0 Å². The standard InChI is InChI=1S/C14H19N3O4/c1-21-14(18)11-9-12(17(19)20)13(15-10-11)16-7-5-3-2-4-6-8-16/h9-10H,2-8H2,1H3. The Kier molecular flexibility index (Phi) is 5.08. The molecule has 0 N–H and O–H groups in total. The Balaban J connectivity index is 2.32. The number of esters is 1. The maximum atomic E-state index is 11.5. The summed E-state index contributed by atoms with van der Waals surface area (Å²) in [6.45, 7) is 1.51. The van der Waals surface area contributed by atoms with Gasteiger partial charge in [-0.25, -0.2) is 9.78 Å². The zero-order valence-electron chi connectivity index (χ0n) is 12.1. The summed E-state index contributed by atoms with van der Waals surface area (Å²) < 4.78 is 4.58. The van der Waals surface area contributed by atoms with Crippen molar-refractivity contribution in [3.63, 3.8) is 0 Å². The summed E-state index contributed by atoms with van der Waals surface area (Å²) in [6.07, 6.45) is 6.81. The van der Waals surface area contributed by atoms with Crippen LogP contribution >= 0.6 is 0 Å². The number of carbonyl (C=O) groups is 1. The fraction of sp³-hybridized carbons (Fsp3) is 0.571. The van der Waals surface area contributed by atoms with Gasteiger partial charge in [-0.05, 0) is 12.8 Å². The summed E-state index contributed by atoms with van der Waals surface area (Å²) in [5.41, 5.74) is -0.0431. The normalized spacial score (nSPS) is 16.0. The molecule has 1 aliphatic heterocycles. The average Bonchev–Trinajstić information content (AvgIpc) is 2.45.